The second kappa shape index (κ2) is 8.21. The lowest BCUT2D eigenvalue weighted by atomic mass is 9.97. The summed E-state index contributed by atoms with van der Waals surface area (Å²) >= 11 is 0. The minimum atomic E-state index is -0.850. The van der Waals surface area contributed by atoms with E-state index in [2.05, 4.69) is 0 Å². The van der Waals surface area contributed by atoms with Crippen molar-refractivity contribution in [1.29, 1.82) is 0 Å². The van der Waals surface area contributed by atoms with Gasteiger partial charge in [-0.15, -0.1) is 0 Å². The number of carbonyl (C=O) groups excluding carboxylic acids is 1. The predicted octanol–water partition coefficient (Wildman–Crippen LogP) is 0.842. The number of hydrogen-bond acceptors (Lipinski definition) is 4. The number of ether oxygens (including phenoxy) is 1. The van der Waals surface area contributed by atoms with Gasteiger partial charge in [0.05, 0.1) is 25.2 Å². The molecule has 1 aliphatic rings. The van der Waals surface area contributed by atoms with Gasteiger partial charge in [-0.1, -0.05) is 20.3 Å². The zero-order chi connectivity index (χ0) is 15.1. The molecular formula is C14H26N2O4. The van der Waals surface area contributed by atoms with Crippen molar-refractivity contribution in [1.82, 2.24) is 4.90 Å². The van der Waals surface area contributed by atoms with Crippen LogP contribution in [0, 0.1) is 5.92 Å². The minimum Gasteiger partial charge on any atom is -0.481 e. The third-order valence-electron chi connectivity index (χ3n) is 3.97. The van der Waals surface area contributed by atoms with Gasteiger partial charge in [0.1, 0.15) is 0 Å². The molecule has 116 valence electrons. The average Bonchev–Trinajstić information content (AvgIpc) is 2.45. The molecule has 2 atom stereocenters. The van der Waals surface area contributed by atoms with Crippen molar-refractivity contribution in [3.05, 3.63) is 0 Å². The first-order valence-corrected chi connectivity index (χ1v) is 7.33. The van der Waals surface area contributed by atoms with Gasteiger partial charge in [0.15, 0.2) is 0 Å². The summed E-state index contributed by atoms with van der Waals surface area (Å²) in [4.78, 5) is 24.4. The fourth-order valence-electron chi connectivity index (χ4n) is 2.26. The Hall–Kier alpha value is -1.14. The summed E-state index contributed by atoms with van der Waals surface area (Å²) < 4.78 is 5.50. The molecule has 0 aromatic rings. The lowest BCUT2D eigenvalue weighted by Gasteiger charge is -2.34. The van der Waals surface area contributed by atoms with E-state index in [0.29, 0.717) is 13.1 Å². The van der Waals surface area contributed by atoms with E-state index in [-0.39, 0.29) is 31.0 Å². The molecular weight excluding hydrogens is 260 g/mol. The zero-order valence-corrected chi connectivity index (χ0v) is 12.4. The van der Waals surface area contributed by atoms with Crippen molar-refractivity contribution in [3.63, 3.8) is 0 Å². The van der Waals surface area contributed by atoms with Gasteiger partial charge >= 0.3 is 5.97 Å². The molecule has 0 radical (unpaired) electrons. The van der Waals surface area contributed by atoms with Crippen LogP contribution < -0.4 is 5.73 Å². The van der Waals surface area contributed by atoms with Crippen molar-refractivity contribution < 1.29 is 19.4 Å². The summed E-state index contributed by atoms with van der Waals surface area (Å²) in [5, 5.41) is 8.55. The molecule has 1 heterocycles. The molecule has 0 aliphatic carbocycles. The van der Waals surface area contributed by atoms with E-state index in [1.165, 1.54) is 0 Å². The Labute approximate surface area is 120 Å². The number of piperidine rings is 1. The maximum Gasteiger partial charge on any atom is 0.305 e. The van der Waals surface area contributed by atoms with Crippen LogP contribution in [0.25, 0.3) is 0 Å². The fourth-order valence-corrected chi connectivity index (χ4v) is 2.26. The number of carboxylic acid groups (broad SMARTS) is 1. The van der Waals surface area contributed by atoms with Crippen LogP contribution in [0.2, 0.25) is 0 Å². The molecule has 0 saturated carbocycles. The number of hydrogen-bond donors (Lipinski definition) is 2. The molecule has 6 nitrogen and oxygen atoms in total. The first kappa shape index (κ1) is 16.9. The number of amides is 1. The monoisotopic (exact) mass is 286 g/mol. The predicted molar refractivity (Wildman–Crippen MR) is 75.2 cm³/mol. The van der Waals surface area contributed by atoms with Crippen molar-refractivity contribution in [3.8, 4) is 0 Å². The number of nitrogens with two attached hydrogens (primary N) is 1. The fraction of sp³-hybridized carbons (Fsp3) is 0.857. The maximum absolute atomic E-state index is 12.2. The maximum atomic E-state index is 12.2. The molecule has 0 unspecified atom stereocenters. The van der Waals surface area contributed by atoms with Crippen LogP contribution in [-0.4, -0.2) is 53.7 Å². The summed E-state index contributed by atoms with van der Waals surface area (Å²) in [5.74, 6) is -0.646. The number of rotatable bonds is 7. The highest BCUT2D eigenvalue weighted by Gasteiger charge is 2.28. The Morgan fingerprint density at radius 3 is 2.50 bits per heavy atom. The van der Waals surface area contributed by atoms with Gasteiger partial charge < -0.3 is 20.5 Å². The van der Waals surface area contributed by atoms with Gasteiger partial charge in [0.25, 0.3) is 0 Å². The Bertz CT molecular complexity index is 327. The molecule has 3 N–H and O–H groups in total. The van der Waals surface area contributed by atoms with Crippen LogP contribution in [0.15, 0.2) is 0 Å². The van der Waals surface area contributed by atoms with Gasteiger partial charge in [-0.25, -0.2) is 0 Å². The van der Waals surface area contributed by atoms with Crippen LogP contribution in [0.1, 0.15) is 39.5 Å². The SMILES string of the molecule is CC[C@H](C)[C@H](N)C(=O)N1CCC(OCCC(=O)O)CC1. The number of carboxylic acids is 1. The summed E-state index contributed by atoms with van der Waals surface area (Å²) in [6.07, 6.45) is 2.47. The third kappa shape index (κ3) is 5.09. The molecule has 1 fully saturated rings. The number of likely N-dealkylation sites (tertiary alicyclic amines) is 1. The van der Waals surface area contributed by atoms with Crippen LogP contribution in [0.4, 0.5) is 0 Å². The first-order valence-electron chi connectivity index (χ1n) is 7.33. The quantitative estimate of drug-likeness (QED) is 0.723. The van der Waals surface area contributed by atoms with Gasteiger partial charge in [0.2, 0.25) is 5.91 Å². The highest BCUT2D eigenvalue weighted by atomic mass is 16.5. The van der Waals surface area contributed by atoms with Crippen molar-refractivity contribution in [2.45, 2.75) is 51.7 Å². The molecule has 1 amide bonds. The summed E-state index contributed by atoms with van der Waals surface area (Å²) in [6, 6.07) is -0.426. The van der Waals surface area contributed by atoms with Gasteiger partial charge in [-0.3, -0.25) is 9.59 Å². The molecule has 1 rings (SSSR count). The van der Waals surface area contributed by atoms with Crippen molar-refractivity contribution in [2.75, 3.05) is 19.7 Å². The summed E-state index contributed by atoms with van der Waals surface area (Å²) in [7, 11) is 0. The third-order valence-corrected chi connectivity index (χ3v) is 3.97. The van der Waals surface area contributed by atoms with Crippen LogP contribution in [-0.2, 0) is 14.3 Å². The molecule has 20 heavy (non-hydrogen) atoms. The first-order chi connectivity index (χ1) is 9.45. The average molecular weight is 286 g/mol. The summed E-state index contributed by atoms with van der Waals surface area (Å²) in [6.45, 7) is 5.53. The summed E-state index contributed by atoms with van der Waals surface area (Å²) in [5.41, 5.74) is 5.96. The highest BCUT2D eigenvalue weighted by molar-refractivity contribution is 5.82. The number of carbonyl (C=O) groups is 2. The van der Waals surface area contributed by atoms with E-state index in [0.717, 1.165) is 19.3 Å². The Morgan fingerprint density at radius 2 is 2.00 bits per heavy atom. The lowest BCUT2D eigenvalue weighted by Crippen LogP contribution is -2.50. The largest absolute Gasteiger partial charge is 0.481 e. The highest BCUT2D eigenvalue weighted by Crippen LogP contribution is 2.17. The van der Waals surface area contributed by atoms with Crippen LogP contribution >= 0.6 is 0 Å². The molecule has 0 aromatic heterocycles. The van der Waals surface area contributed by atoms with Crippen molar-refractivity contribution in [2.24, 2.45) is 11.7 Å². The number of nitrogens with zero attached hydrogens (tertiary/aromatic N) is 1. The van der Waals surface area contributed by atoms with Gasteiger partial charge in [0, 0.05) is 13.1 Å². The second-order valence-electron chi connectivity index (χ2n) is 5.45. The Kier molecular flexibility index (Phi) is 6.95. The standard InChI is InChI=1S/C14H26N2O4/c1-3-10(2)13(15)14(19)16-7-4-11(5-8-16)20-9-6-12(17)18/h10-11,13H,3-9,15H2,1-2H3,(H,17,18)/t10-,13-/m0/s1. The van der Waals surface area contributed by atoms with Gasteiger partial charge in [-0.05, 0) is 18.8 Å². The van der Waals surface area contributed by atoms with E-state index < -0.39 is 12.0 Å². The van der Waals surface area contributed by atoms with E-state index in [1.54, 1.807) is 4.90 Å². The Balaban J connectivity index is 2.31. The molecule has 1 aliphatic heterocycles. The molecule has 6 heteroatoms. The molecule has 1 saturated heterocycles. The lowest BCUT2D eigenvalue weighted by molar-refractivity contribution is -0.139. The van der Waals surface area contributed by atoms with E-state index in [4.69, 9.17) is 15.6 Å². The van der Waals surface area contributed by atoms with Crippen LogP contribution in [0.3, 0.4) is 0 Å². The van der Waals surface area contributed by atoms with E-state index in [9.17, 15) is 9.59 Å². The topological polar surface area (TPSA) is 92.9 Å². The van der Waals surface area contributed by atoms with E-state index >= 15 is 0 Å². The number of aliphatic carboxylic acids is 1. The molecule has 0 spiro atoms. The van der Waals surface area contributed by atoms with Crippen molar-refractivity contribution >= 4 is 11.9 Å². The second-order valence-corrected chi connectivity index (χ2v) is 5.45. The molecule has 0 aromatic carbocycles. The minimum absolute atomic E-state index is 0.0170. The smallest absolute Gasteiger partial charge is 0.305 e. The Morgan fingerprint density at radius 1 is 1.40 bits per heavy atom. The van der Waals surface area contributed by atoms with E-state index in [1.807, 2.05) is 13.8 Å². The normalized spacial score (nSPS) is 19.6. The van der Waals surface area contributed by atoms with Gasteiger partial charge in [-0.2, -0.15) is 0 Å². The molecule has 0 bridgehead atoms. The zero-order valence-electron chi connectivity index (χ0n) is 12.4. The van der Waals surface area contributed by atoms with Crippen LogP contribution in [0.5, 0.6) is 0 Å².